The lowest BCUT2D eigenvalue weighted by molar-refractivity contribution is -0.117. The summed E-state index contributed by atoms with van der Waals surface area (Å²) in [5.74, 6) is 3.40. The standard InChI is InChI=1S/C15H17ClO2S2/c1-9-15(20-5-4-19-9)13(17)8-11-7-12(16)6-10-2-3-18-14(10)11/h6-7,9,15H,2-5,8H2,1H3. The van der Waals surface area contributed by atoms with E-state index >= 15 is 0 Å². The van der Waals surface area contributed by atoms with Crippen LogP contribution in [0.2, 0.25) is 5.02 Å². The number of carbonyl (C=O) groups excluding carboxylic acids is 1. The van der Waals surface area contributed by atoms with E-state index in [-0.39, 0.29) is 5.25 Å². The van der Waals surface area contributed by atoms with Crippen molar-refractivity contribution >= 4 is 40.9 Å². The van der Waals surface area contributed by atoms with Crippen molar-refractivity contribution in [3.8, 4) is 5.75 Å². The van der Waals surface area contributed by atoms with Gasteiger partial charge in [-0.1, -0.05) is 18.5 Å². The molecule has 5 heteroatoms. The first-order chi connectivity index (χ1) is 9.65. The van der Waals surface area contributed by atoms with Gasteiger partial charge in [-0.2, -0.15) is 11.8 Å². The van der Waals surface area contributed by atoms with E-state index in [2.05, 4.69) is 6.92 Å². The first kappa shape index (κ1) is 14.6. The molecule has 0 bridgehead atoms. The monoisotopic (exact) mass is 328 g/mol. The van der Waals surface area contributed by atoms with Crippen molar-refractivity contribution < 1.29 is 9.53 Å². The van der Waals surface area contributed by atoms with Gasteiger partial charge in [0, 0.05) is 40.2 Å². The molecule has 1 aromatic carbocycles. The Balaban J connectivity index is 1.79. The van der Waals surface area contributed by atoms with Crippen LogP contribution in [0, 0.1) is 0 Å². The Kier molecular flexibility index (Phi) is 4.53. The number of rotatable bonds is 3. The minimum atomic E-state index is 0.102. The lowest BCUT2D eigenvalue weighted by Crippen LogP contribution is -2.32. The second-order valence-electron chi connectivity index (χ2n) is 5.16. The van der Waals surface area contributed by atoms with Gasteiger partial charge in [0.1, 0.15) is 5.75 Å². The average molecular weight is 329 g/mol. The lowest BCUT2D eigenvalue weighted by atomic mass is 10.0. The van der Waals surface area contributed by atoms with Crippen LogP contribution in [0.5, 0.6) is 5.75 Å². The Morgan fingerprint density at radius 3 is 3.00 bits per heavy atom. The summed E-state index contributed by atoms with van der Waals surface area (Å²) in [6.07, 6.45) is 1.33. The van der Waals surface area contributed by atoms with Crippen LogP contribution in [0.1, 0.15) is 18.1 Å². The molecule has 0 aliphatic carbocycles. The quantitative estimate of drug-likeness (QED) is 0.846. The predicted molar refractivity (Wildman–Crippen MR) is 87.5 cm³/mol. The Hall–Kier alpha value is -0.320. The van der Waals surface area contributed by atoms with Crippen LogP contribution in [0.4, 0.5) is 0 Å². The largest absolute Gasteiger partial charge is 0.493 e. The van der Waals surface area contributed by atoms with E-state index in [1.807, 2.05) is 23.9 Å². The molecular weight excluding hydrogens is 312 g/mol. The molecule has 0 N–H and O–H groups in total. The van der Waals surface area contributed by atoms with Gasteiger partial charge in [0.2, 0.25) is 0 Å². The maximum Gasteiger partial charge on any atom is 0.151 e. The summed E-state index contributed by atoms with van der Waals surface area (Å²) >= 11 is 9.84. The smallest absolute Gasteiger partial charge is 0.151 e. The number of Topliss-reactive ketones (excluding diaryl/α,β-unsaturated/α-hetero) is 1. The second-order valence-corrected chi connectivity index (χ2v) is 8.33. The maximum atomic E-state index is 12.6. The summed E-state index contributed by atoms with van der Waals surface area (Å²) in [5.41, 5.74) is 2.09. The summed E-state index contributed by atoms with van der Waals surface area (Å²) in [7, 11) is 0. The van der Waals surface area contributed by atoms with Crippen molar-refractivity contribution in [2.75, 3.05) is 18.1 Å². The molecule has 1 fully saturated rings. The molecule has 2 aliphatic rings. The first-order valence-corrected chi connectivity index (χ1v) is 9.32. The molecule has 3 rings (SSSR count). The summed E-state index contributed by atoms with van der Waals surface area (Å²) in [5, 5.41) is 1.20. The SMILES string of the molecule is CC1SCCSC1C(=O)Cc1cc(Cl)cc2c1OCC2. The molecule has 2 unspecified atom stereocenters. The highest BCUT2D eigenvalue weighted by Crippen LogP contribution is 2.36. The minimum absolute atomic E-state index is 0.102. The van der Waals surface area contributed by atoms with Gasteiger partial charge in [-0.15, -0.1) is 11.8 Å². The molecule has 20 heavy (non-hydrogen) atoms. The van der Waals surface area contributed by atoms with Crippen LogP contribution in [-0.2, 0) is 17.6 Å². The zero-order valence-electron chi connectivity index (χ0n) is 11.4. The summed E-state index contributed by atoms with van der Waals surface area (Å²) < 4.78 is 5.68. The molecule has 2 atom stereocenters. The highest BCUT2D eigenvalue weighted by atomic mass is 35.5. The van der Waals surface area contributed by atoms with Crippen LogP contribution in [0.25, 0.3) is 0 Å². The zero-order chi connectivity index (χ0) is 14.1. The first-order valence-electron chi connectivity index (χ1n) is 6.85. The van der Waals surface area contributed by atoms with E-state index in [1.165, 1.54) is 0 Å². The lowest BCUT2D eigenvalue weighted by Gasteiger charge is -2.26. The van der Waals surface area contributed by atoms with Crippen molar-refractivity contribution in [3.05, 3.63) is 28.3 Å². The van der Waals surface area contributed by atoms with Crippen LogP contribution in [0.15, 0.2) is 12.1 Å². The average Bonchev–Trinajstić information content (AvgIpc) is 2.87. The van der Waals surface area contributed by atoms with Gasteiger partial charge in [-0.3, -0.25) is 4.79 Å². The molecule has 2 heterocycles. The third kappa shape index (κ3) is 2.97. The molecule has 1 aromatic rings. The third-order valence-corrected chi connectivity index (χ3v) is 7.05. The highest BCUT2D eigenvalue weighted by molar-refractivity contribution is 8.07. The number of halogens is 1. The third-order valence-electron chi connectivity index (χ3n) is 3.70. The molecule has 0 aromatic heterocycles. The molecule has 0 saturated carbocycles. The second kappa shape index (κ2) is 6.20. The molecule has 0 amide bonds. The van der Waals surface area contributed by atoms with Gasteiger partial charge in [0.15, 0.2) is 5.78 Å². The van der Waals surface area contributed by atoms with Gasteiger partial charge in [0.25, 0.3) is 0 Å². The number of ketones is 1. The fourth-order valence-corrected chi connectivity index (χ4v) is 5.75. The van der Waals surface area contributed by atoms with Crippen LogP contribution in [0.3, 0.4) is 0 Å². The van der Waals surface area contributed by atoms with E-state index in [9.17, 15) is 4.79 Å². The van der Waals surface area contributed by atoms with Crippen molar-refractivity contribution in [3.63, 3.8) is 0 Å². The predicted octanol–water partition coefficient (Wildman–Crippen LogP) is 3.62. The Labute approximate surface area is 133 Å². The van der Waals surface area contributed by atoms with Gasteiger partial charge >= 0.3 is 0 Å². The van der Waals surface area contributed by atoms with Gasteiger partial charge < -0.3 is 4.74 Å². The Morgan fingerprint density at radius 2 is 2.20 bits per heavy atom. The summed E-state index contributed by atoms with van der Waals surface area (Å²) in [6.45, 7) is 2.85. The summed E-state index contributed by atoms with van der Waals surface area (Å²) in [4.78, 5) is 12.6. The van der Waals surface area contributed by atoms with Crippen LogP contribution < -0.4 is 4.74 Å². The molecular formula is C15H17ClO2S2. The highest BCUT2D eigenvalue weighted by Gasteiger charge is 2.30. The van der Waals surface area contributed by atoms with Crippen molar-refractivity contribution in [2.45, 2.75) is 30.3 Å². The molecule has 108 valence electrons. The van der Waals surface area contributed by atoms with Crippen LogP contribution in [-0.4, -0.2) is 34.4 Å². The van der Waals surface area contributed by atoms with E-state index in [0.717, 1.165) is 34.8 Å². The topological polar surface area (TPSA) is 26.3 Å². The van der Waals surface area contributed by atoms with Gasteiger partial charge in [0.05, 0.1) is 11.9 Å². The number of fused-ring (bicyclic) bond motifs is 1. The number of hydrogen-bond donors (Lipinski definition) is 0. The molecule has 2 nitrogen and oxygen atoms in total. The molecule has 0 radical (unpaired) electrons. The number of benzene rings is 1. The van der Waals surface area contributed by atoms with E-state index < -0.39 is 0 Å². The van der Waals surface area contributed by atoms with E-state index in [1.54, 1.807) is 11.8 Å². The summed E-state index contributed by atoms with van der Waals surface area (Å²) in [6, 6.07) is 3.83. The fourth-order valence-electron chi connectivity index (χ4n) is 2.75. The van der Waals surface area contributed by atoms with Gasteiger partial charge in [-0.25, -0.2) is 0 Å². The Bertz CT molecular complexity index is 533. The molecule has 1 saturated heterocycles. The number of ether oxygens (including phenoxy) is 1. The van der Waals surface area contributed by atoms with Gasteiger partial charge in [-0.05, 0) is 17.7 Å². The maximum absolute atomic E-state index is 12.6. The fraction of sp³-hybridized carbons (Fsp3) is 0.533. The normalized spacial score (nSPS) is 25.1. The number of carbonyl (C=O) groups is 1. The van der Waals surface area contributed by atoms with E-state index in [4.69, 9.17) is 16.3 Å². The zero-order valence-corrected chi connectivity index (χ0v) is 13.7. The Morgan fingerprint density at radius 1 is 1.40 bits per heavy atom. The van der Waals surface area contributed by atoms with Crippen molar-refractivity contribution in [1.29, 1.82) is 0 Å². The van der Waals surface area contributed by atoms with Crippen LogP contribution >= 0.6 is 35.1 Å². The molecule has 0 spiro atoms. The van der Waals surface area contributed by atoms with Crippen molar-refractivity contribution in [1.82, 2.24) is 0 Å². The number of thioether (sulfide) groups is 2. The molecule has 2 aliphatic heterocycles. The van der Waals surface area contributed by atoms with E-state index in [0.29, 0.717) is 29.1 Å². The number of hydrogen-bond acceptors (Lipinski definition) is 4. The minimum Gasteiger partial charge on any atom is -0.493 e. The van der Waals surface area contributed by atoms with Crippen molar-refractivity contribution in [2.24, 2.45) is 0 Å².